The van der Waals surface area contributed by atoms with Gasteiger partial charge in [-0.25, -0.2) is 4.98 Å². The van der Waals surface area contributed by atoms with E-state index in [1.807, 2.05) is 30.3 Å². The van der Waals surface area contributed by atoms with Crippen LogP contribution in [-0.4, -0.2) is 4.98 Å². The number of anilines is 3. The predicted octanol–water partition coefficient (Wildman–Crippen LogP) is 14.0. The molecule has 4 heteroatoms. The van der Waals surface area contributed by atoms with Crippen molar-refractivity contribution in [2.45, 2.75) is 19.3 Å². The number of aromatic nitrogens is 1. The maximum Gasteiger partial charge on any atom is 0.228 e. The molecule has 4 nitrogen and oxygen atoms in total. The van der Waals surface area contributed by atoms with E-state index in [9.17, 15) is 0 Å². The molecule has 0 radical (unpaired) electrons. The summed E-state index contributed by atoms with van der Waals surface area (Å²) < 4.78 is 13.1. The fourth-order valence-electron chi connectivity index (χ4n) is 8.77. The molecule has 0 fully saturated rings. The first-order valence-corrected chi connectivity index (χ1v) is 18.5. The standard InChI is InChI=1S/C50H34N2O2/c1-50(2)41-19-9-8-16-37(41)38-17-10-20-42(47(38)50)52(34-25-22-32(23-26-34)31-12-4-3-5-13-31)35-27-28-39-45(30-35)53-43-21-11-18-40(46(39)43)49-51-48-36-15-7-6-14-33(36)24-29-44(48)54-49/h3-30H,1-2H3. The Balaban J connectivity index is 1.10. The number of hydrogen-bond acceptors (Lipinski definition) is 4. The molecular formula is C50H34N2O2. The van der Waals surface area contributed by atoms with Crippen LogP contribution in [0.4, 0.5) is 17.1 Å². The van der Waals surface area contributed by atoms with Gasteiger partial charge in [0.05, 0.1) is 5.69 Å². The van der Waals surface area contributed by atoms with Crippen LogP contribution in [0.15, 0.2) is 179 Å². The van der Waals surface area contributed by atoms with Gasteiger partial charge >= 0.3 is 0 Å². The zero-order valence-corrected chi connectivity index (χ0v) is 29.9. The van der Waals surface area contributed by atoms with E-state index in [4.69, 9.17) is 13.8 Å². The lowest BCUT2D eigenvalue weighted by atomic mass is 9.81. The number of nitrogens with zero attached hydrogens (tertiary/aromatic N) is 2. The third-order valence-corrected chi connectivity index (χ3v) is 11.3. The van der Waals surface area contributed by atoms with Gasteiger partial charge in [0.1, 0.15) is 16.7 Å². The van der Waals surface area contributed by atoms with Gasteiger partial charge in [-0.1, -0.05) is 129 Å². The molecule has 0 bridgehead atoms. The molecule has 0 aliphatic heterocycles. The lowest BCUT2D eigenvalue weighted by molar-refractivity contribution is 0.620. The van der Waals surface area contributed by atoms with Gasteiger partial charge in [-0.15, -0.1) is 0 Å². The molecule has 2 aromatic heterocycles. The molecule has 0 N–H and O–H groups in total. The van der Waals surface area contributed by atoms with E-state index in [-0.39, 0.29) is 5.41 Å². The number of fused-ring (bicyclic) bond motifs is 9. The van der Waals surface area contributed by atoms with Crippen LogP contribution in [0.5, 0.6) is 0 Å². The van der Waals surface area contributed by atoms with Crippen molar-refractivity contribution in [1.82, 2.24) is 4.98 Å². The van der Waals surface area contributed by atoms with Gasteiger partial charge in [0, 0.05) is 44.6 Å². The highest BCUT2D eigenvalue weighted by Crippen LogP contribution is 2.54. The zero-order chi connectivity index (χ0) is 36.0. The average Bonchev–Trinajstić information content (AvgIpc) is 3.89. The molecule has 8 aromatic carbocycles. The van der Waals surface area contributed by atoms with Gasteiger partial charge in [-0.05, 0) is 87.3 Å². The summed E-state index contributed by atoms with van der Waals surface area (Å²) in [5.41, 5.74) is 14.8. The Hall–Kier alpha value is -6.91. The van der Waals surface area contributed by atoms with Crippen molar-refractivity contribution in [2.24, 2.45) is 0 Å². The molecule has 0 unspecified atom stereocenters. The SMILES string of the molecule is CC1(C)c2ccccc2-c2cccc(N(c3ccc(-c4ccccc4)cc3)c3ccc4c(c3)oc3cccc(-c5nc6c(ccc7ccccc76)o5)c34)c21. The van der Waals surface area contributed by atoms with Crippen LogP contribution < -0.4 is 4.90 Å². The molecule has 0 saturated heterocycles. The predicted molar refractivity (Wildman–Crippen MR) is 222 cm³/mol. The number of oxazole rings is 1. The Bertz CT molecular complexity index is 3080. The highest BCUT2D eigenvalue weighted by atomic mass is 16.3. The molecule has 2 heterocycles. The van der Waals surface area contributed by atoms with E-state index in [0.717, 1.165) is 66.4 Å². The molecule has 0 saturated carbocycles. The summed E-state index contributed by atoms with van der Waals surface area (Å²) in [6.45, 7) is 4.69. The highest BCUT2D eigenvalue weighted by molar-refractivity contribution is 6.13. The quantitative estimate of drug-likeness (QED) is 0.180. The molecule has 11 rings (SSSR count). The second-order valence-electron chi connectivity index (χ2n) is 14.7. The second kappa shape index (κ2) is 11.5. The maximum atomic E-state index is 6.69. The number of benzene rings is 8. The van der Waals surface area contributed by atoms with Crippen molar-refractivity contribution in [2.75, 3.05) is 4.90 Å². The third-order valence-electron chi connectivity index (χ3n) is 11.3. The highest BCUT2D eigenvalue weighted by Gasteiger charge is 2.38. The summed E-state index contributed by atoms with van der Waals surface area (Å²) in [5, 5.41) is 4.22. The Kier molecular flexibility index (Phi) is 6.56. The molecule has 0 atom stereocenters. The number of furan rings is 1. The van der Waals surface area contributed by atoms with Crippen LogP contribution in [0.25, 0.3) is 77.5 Å². The lowest BCUT2D eigenvalue weighted by Gasteiger charge is -2.32. The summed E-state index contributed by atoms with van der Waals surface area (Å²) in [6.07, 6.45) is 0. The first-order valence-electron chi connectivity index (χ1n) is 18.5. The van der Waals surface area contributed by atoms with Gasteiger partial charge in [0.15, 0.2) is 5.58 Å². The molecule has 10 aromatic rings. The van der Waals surface area contributed by atoms with E-state index in [1.165, 1.54) is 33.4 Å². The van der Waals surface area contributed by atoms with Gasteiger partial charge < -0.3 is 13.7 Å². The van der Waals surface area contributed by atoms with E-state index in [2.05, 4.69) is 158 Å². The normalized spacial score (nSPS) is 13.1. The van der Waals surface area contributed by atoms with Gasteiger partial charge in [0.25, 0.3) is 0 Å². The summed E-state index contributed by atoms with van der Waals surface area (Å²) >= 11 is 0. The lowest BCUT2D eigenvalue weighted by Crippen LogP contribution is -2.20. The van der Waals surface area contributed by atoms with Crippen molar-refractivity contribution in [3.8, 4) is 33.7 Å². The maximum absolute atomic E-state index is 6.69. The zero-order valence-electron chi connectivity index (χ0n) is 29.9. The second-order valence-corrected chi connectivity index (χ2v) is 14.7. The summed E-state index contributed by atoms with van der Waals surface area (Å²) in [5.74, 6) is 0.584. The number of rotatable bonds is 5. The van der Waals surface area contributed by atoms with Crippen molar-refractivity contribution < 1.29 is 8.83 Å². The molecule has 1 aliphatic carbocycles. The van der Waals surface area contributed by atoms with Gasteiger partial charge in [0.2, 0.25) is 5.89 Å². The monoisotopic (exact) mass is 694 g/mol. The minimum atomic E-state index is -0.200. The fourth-order valence-corrected chi connectivity index (χ4v) is 8.77. The minimum Gasteiger partial charge on any atom is -0.456 e. The van der Waals surface area contributed by atoms with Crippen molar-refractivity contribution in [3.63, 3.8) is 0 Å². The molecule has 1 aliphatic rings. The molecule has 54 heavy (non-hydrogen) atoms. The van der Waals surface area contributed by atoms with Crippen LogP contribution in [0.1, 0.15) is 25.0 Å². The van der Waals surface area contributed by atoms with Gasteiger partial charge in [-0.2, -0.15) is 0 Å². The summed E-state index contributed by atoms with van der Waals surface area (Å²) in [4.78, 5) is 7.44. The Morgan fingerprint density at radius 2 is 1.22 bits per heavy atom. The molecular weight excluding hydrogens is 661 g/mol. The first kappa shape index (κ1) is 30.7. The Morgan fingerprint density at radius 1 is 0.500 bits per heavy atom. The number of hydrogen-bond donors (Lipinski definition) is 0. The van der Waals surface area contributed by atoms with Crippen molar-refractivity contribution in [1.29, 1.82) is 0 Å². The third kappa shape index (κ3) is 4.53. The Morgan fingerprint density at radius 3 is 2.11 bits per heavy atom. The minimum absolute atomic E-state index is 0.200. The van der Waals surface area contributed by atoms with E-state index in [1.54, 1.807) is 0 Å². The topological polar surface area (TPSA) is 42.4 Å². The van der Waals surface area contributed by atoms with E-state index < -0.39 is 0 Å². The van der Waals surface area contributed by atoms with Crippen LogP contribution in [-0.2, 0) is 5.41 Å². The van der Waals surface area contributed by atoms with Gasteiger partial charge in [-0.3, -0.25) is 0 Å². The molecule has 0 spiro atoms. The van der Waals surface area contributed by atoms with Crippen molar-refractivity contribution in [3.05, 3.63) is 181 Å². The largest absolute Gasteiger partial charge is 0.456 e. The summed E-state index contributed by atoms with van der Waals surface area (Å²) in [7, 11) is 0. The molecule has 256 valence electrons. The van der Waals surface area contributed by atoms with Crippen LogP contribution in [0.2, 0.25) is 0 Å². The van der Waals surface area contributed by atoms with E-state index in [0.29, 0.717) is 5.89 Å². The average molecular weight is 695 g/mol. The van der Waals surface area contributed by atoms with Crippen LogP contribution in [0.3, 0.4) is 0 Å². The molecule has 0 amide bonds. The Labute approximate surface area is 312 Å². The summed E-state index contributed by atoms with van der Waals surface area (Å²) in [6, 6.07) is 60.1. The van der Waals surface area contributed by atoms with Crippen LogP contribution in [0, 0.1) is 0 Å². The fraction of sp³-hybridized carbons (Fsp3) is 0.0600. The van der Waals surface area contributed by atoms with Crippen molar-refractivity contribution >= 4 is 60.9 Å². The van der Waals surface area contributed by atoms with E-state index >= 15 is 0 Å². The first-order chi connectivity index (χ1) is 26.5. The van der Waals surface area contributed by atoms with Crippen LogP contribution >= 0.6 is 0 Å². The smallest absolute Gasteiger partial charge is 0.228 e.